The number of nitrogens with one attached hydrogen (secondary N) is 2. The Kier molecular flexibility index (Phi) is 9.94. The van der Waals surface area contributed by atoms with Gasteiger partial charge < -0.3 is 10.1 Å². The molecular formula is C26H32N5O3S+. The summed E-state index contributed by atoms with van der Waals surface area (Å²) in [6.45, 7) is 2.34. The molecule has 0 aliphatic heterocycles. The highest BCUT2D eigenvalue weighted by atomic mass is 32.2. The third kappa shape index (κ3) is 8.62. The molecule has 0 spiro atoms. The van der Waals surface area contributed by atoms with Crippen LogP contribution in [0.25, 0.3) is 5.57 Å². The number of benzene rings is 2. The number of rotatable bonds is 10. The molecule has 0 radical (unpaired) electrons. The Hall–Kier alpha value is -3.56. The summed E-state index contributed by atoms with van der Waals surface area (Å²) in [4.78, 5) is 25.8. The number of carbonyl (C=O) groups is 2. The van der Waals surface area contributed by atoms with Crippen LogP contribution in [0.15, 0.2) is 77.7 Å². The Morgan fingerprint density at radius 1 is 1.14 bits per heavy atom. The van der Waals surface area contributed by atoms with Crippen molar-refractivity contribution >= 4 is 35.0 Å². The van der Waals surface area contributed by atoms with Gasteiger partial charge in [-0.1, -0.05) is 60.7 Å². The van der Waals surface area contributed by atoms with E-state index in [0.29, 0.717) is 6.54 Å². The fourth-order valence-corrected chi connectivity index (χ4v) is 4.47. The quantitative estimate of drug-likeness (QED) is 0.0753. The fourth-order valence-electron chi connectivity index (χ4n) is 3.46. The van der Waals surface area contributed by atoms with Crippen molar-refractivity contribution in [2.24, 2.45) is 11.6 Å². The van der Waals surface area contributed by atoms with Gasteiger partial charge in [0.2, 0.25) is 0 Å². The zero-order valence-corrected chi connectivity index (χ0v) is 20.6. The summed E-state index contributed by atoms with van der Waals surface area (Å²) in [5.41, 5.74) is 9.21. The average Bonchev–Trinajstić information content (AvgIpc) is 2.85. The molecule has 1 atom stereocenters. The van der Waals surface area contributed by atoms with E-state index in [1.165, 1.54) is 22.5 Å². The molecule has 0 unspecified atom stereocenters. The summed E-state index contributed by atoms with van der Waals surface area (Å²) in [7, 11) is 0. The number of hydrogen-bond donors (Lipinski definition) is 4. The van der Waals surface area contributed by atoms with Gasteiger partial charge in [-0.05, 0) is 48.6 Å². The molecule has 0 saturated carbocycles. The number of carbonyl (C=O) groups excluding carboxylic acids is 2. The first kappa shape index (κ1) is 26.1. The van der Waals surface area contributed by atoms with Crippen molar-refractivity contribution < 1.29 is 19.4 Å². The number of nitrogens with zero attached hydrogens (tertiary/aromatic N) is 1. The summed E-state index contributed by atoms with van der Waals surface area (Å²) in [6, 6.07) is 17.5. The SMILES string of the molecule is CCOC(=O)C[C@H](NC(=O)/C(N)=[NH+]/N(N)Cc1ccccc1)Sc1ccc(C2=CCCC=C2)cc1. The van der Waals surface area contributed by atoms with Gasteiger partial charge in [-0.25, -0.2) is 5.84 Å². The average molecular weight is 495 g/mol. The molecule has 0 aromatic heterocycles. The van der Waals surface area contributed by atoms with Crippen molar-refractivity contribution in [3.63, 3.8) is 0 Å². The Bertz CT molecular complexity index is 1080. The van der Waals surface area contributed by atoms with E-state index < -0.39 is 17.3 Å². The molecule has 0 saturated heterocycles. The number of amidine groups is 1. The molecule has 0 bridgehead atoms. The second-order valence-corrected chi connectivity index (χ2v) is 9.17. The van der Waals surface area contributed by atoms with Gasteiger partial charge in [-0.2, -0.15) is 10.2 Å². The first-order valence-corrected chi connectivity index (χ1v) is 12.4. The first-order chi connectivity index (χ1) is 16.9. The molecule has 1 amide bonds. The van der Waals surface area contributed by atoms with Crippen molar-refractivity contribution in [1.29, 1.82) is 0 Å². The number of esters is 1. The third-order valence-electron chi connectivity index (χ3n) is 5.11. The molecule has 8 nitrogen and oxygen atoms in total. The van der Waals surface area contributed by atoms with Crippen molar-refractivity contribution in [2.75, 3.05) is 6.61 Å². The van der Waals surface area contributed by atoms with Crippen LogP contribution in [-0.4, -0.2) is 34.8 Å². The molecule has 3 rings (SSSR count). The minimum Gasteiger partial charge on any atom is -0.466 e. The Morgan fingerprint density at radius 3 is 2.54 bits per heavy atom. The van der Waals surface area contributed by atoms with Crippen LogP contribution in [0.3, 0.4) is 0 Å². The van der Waals surface area contributed by atoms with Crippen molar-refractivity contribution in [3.05, 3.63) is 84.0 Å². The molecule has 184 valence electrons. The molecule has 1 aliphatic carbocycles. The highest BCUT2D eigenvalue weighted by Crippen LogP contribution is 2.27. The highest BCUT2D eigenvalue weighted by molar-refractivity contribution is 8.00. The number of hydrazone groups is 1. The zero-order chi connectivity index (χ0) is 25.0. The second-order valence-electron chi connectivity index (χ2n) is 7.89. The molecule has 2 aromatic rings. The van der Waals surface area contributed by atoms with Gasteiger partial charge in [0.1, 0.15) is 0 Å². The lowest BCUT2D eigenvalue weighted by atomic mass is 10.00. The molecule has 0 fully saturated rings. The monoisotopic (exact) mass is 494 g/mol. The number of amides is 1. The van der Waals surface area contributed by atoms with E-state index in [1.54, 1.807) is 6.92 Å². The normalized spacial score (nSPS) is 14.1. The summed E-state index contributed by atoms with van der Waals surface area (Å²) < 4.78 is 5.08. The molecular weight excluding hydrogens is 462 g/mol. The lowest BCUT2D eigenvalue weighted by molar-refractivity contribution is -0.652. The molecule has 9 heteroatoms. The number of thioether (sulfide) groups is 1. The van der Waals surface area contributed by atoms with Crippen molar-refractivity contribution in [2.45, 2.75) is 43.0 Å². The smallest absolute Gasteiger partial charge is 0.356 e. The van der Waals surface area contributed by atoms with E-state index in [4.69, 9.17) is 16.3 Å². The Labute approximate surface area is 210 Å². The van der Waals surface area contributed by atoms with Gasteiger partial charge in [0.25, 0.3) is 0 Å². The van der Waals surface area contributed by atoms with Crippen LogP contribution in [0.4, 0.5) is 0 Å². The van der Waals surface area contributed by atoms with Crippen LogP contribution in [0, 0.1) is 0 Å². The van der Waals surface area contributed by atoms with Crippen LogP contribution >= 0.6 is 11.8 Å². The number of hydrogen-bond acceptors (Lipinski definition) is 6. The largest absolute Gasteiger partial charge is 0.466 e. The minimum absolute atomic E-state index is 0.0104. The fraction of sp³-hybridized carbons (Fsp3) is 0.269. The first-order valence-electron chi connectivity index (χ1n) is 11.5. The number of ether oxygens (including phenoxy) is 1. The molecule has 0 heterocycles. The van der Waals surface area contributed by atoms with E-state index in [-0.39, 0.29) is 18.9 Å². The molecule has 6 N–H and O–H groups in total. The van der Waals surface area contributed by atoms with E-state index >= 15 is 0 Å². The van der Waals surface area contributed by atoms with Gasteiger partial charge in [-0.15, -0.1) is 11.8 Å². The van der Waals surface area contributed by atoms with Gasteiger partial charge in [-0.3, -0.25) is 15.3 Å². The van der Waals surface area contributed by atoms with E-state index in [1.807, 2.05) is 54.6 Å². The third-order valence-corrected chi connectivity index (χ3v) is 6.23. The maximum Gasteiger partial charge on any atom is 0.356 e. The van der Waals surface area contributed by atoms with Crippen LogP contribution in [-0.2, 0) is 20.9 Å². The maximum atomic E-state index is 12.7. The Morgan fingerprint density at radius 2 is 1.89 bits per heavy atom. The standard InChI is InChI=1S/C26H31N5O3S/c1-2-34-24(32)17-23(35-22-15-13-21(14-16-22)20-11-7-4-8-12-20)29-26(33)25(27)30-31(28)18-19-9-5-3-6-10-19/h3,5-7,9-16,23H,2,4,8,17-18,28H2,1H3,(H2,27,30)(H,29,33)/p+1/t23-/m1/s1. The zero-order valence-electron chi connectivity index (χ0n) is 19.8. The van der Waals surface area contributed by atoms with Crippen molar-refractivity contribution in [3.8, 4) is 0 Å². The van der Waals surface area contributed by atoms with E-state index in [2.05, 4.69) is 28.6 Å². The predicted octanol–water partition coefficient (Wildman–Crippen LogP) is 1.64. The molecule has 35 heavy (non-hydrogen) atoms. The van der Waals surface area contributed by atoms with Crippen LogP contribution in [0.5, 0.6) is 0 Å². The van der Waals surface area contributed by atoms with E-state index in [9.17, 15) is 9.59 Å². The number of allylic oxidation sites excluding steroid dienone is 4. The van der Waals surface area contributed by atoms with Crippen LogP contribution < -0.4 is 22.0 Å². The predicted molar refractivity (Wildman–Crippen MR) is 138 cm³/mol. The van der Waals surface area contributed by atoms with Gasteiger partial charge >= 0.3 is 17.7 Å². The van der Waals surface area contributed by atoms with Gasteiger partial charge in [0.15, 0.2) is 0 Å². The second kappa shape index (κ2) is 13.4. The maximum absolute atomic E-state index is 12.7. The van der Waals surface area contributed by atoms with Crippen molar-refractivity contribution in [1.82, 2.24) is 10.4 Å². The summed E-state index contributed by atoms with van der Waals surface area (Å²) in [5.74, 6) is 4.80. The molecule has 1 aliphatic rings. The number of hydrazine groups is 2. The van der Waals surface area contributed by atoms with E-state index in [0.717, 1.165) is 28.9 Å². The van der Waals surface area contributed by atoms with Crippen LogP contribution in [0.2, 0.25) is 0 Å². The topological polar surface area (TPSA) is 125 Å². The lowest BCUT2D eigenvalue weighted by Gasteiger charge is -2.17. The minimum atomic E-state index is -0.582. The van der Waals surface area contributed by atoms with Gasteiger partial charge in [0.05, 0.1) is 24.9 Å². The number of nitrogens with two attached hydrogens (primary N) is 2. The van der Waals surface area contributed by atoms with Crippen LogP contribution in [0.1, 0.15) is 37.3 Å². The lowest BCUT2D eigenvalue weighted by Crippen LogP contribution is -2.89. The Balaban J connectivity index is 1.65. The highest BCUT2D eigenvalue weighted by Gasteiger charge is 2.23. The van der Waals surface area contributed by atoms with Gasteiger partial charge in [0, 0.05) is 4.90 Å². The summed E-state index contributed by atoms with van der Waals surface area (Å²) >= 11 is 1.35. The summed E-state index contributed by atoms with van der Waals surface area (Å²) in [5, 5.41) is 6.12. The summed E-state index contributed by atoms with van der Waals surface area (Å²) in [6.07, 6.45) is 8.60. The molecule has 2 aromatic carbocycles.